The molecule has 1 aliphatic rings. The second-order valence-corrected chi connectivity index (χ2v) is 5.81. The van der Waals surface area contributed by atoms with Crippen LogP contribution in [0.25, 0.3) is 0 Å². The van der Waals surface area contributed by atoms with E-state index in [9.17, 15) is 9.90 Å². The number of benzene rings is 1. The van der Waals surface area contributed by atoms with Crippen LogP contribution < -0.4 is 16.0 Å². The third-order valence-corrected chi connectivity index (χ3v) is 3.85. The van der Waals surface area contributed by atoms with Gasteiger partial charge in [0.1, 0.15) is 11.5 Å². The van der Waals surface area contributed by atoms with Crippen LogP contribution in [0.15, 0.2) is 46.1 Å². The summed E-state index contributed by atoms with van der Waals surface area (Å²) in [6, 6.07) is 7.85. The van der Waals surface area contributed by atoms with Crippen LogP contribution in [0.1, 0.15) is 24.3 Å². The normalized spacial score (nSPS) is 17.2. The Morgan fingerprint density at radius 2 is 2.12 bits per heavy atom. The molecule has 0 spiro atoms. The topological polar surface area (TPSA) is 99.4 Å². The minimum atomic E-state index is -0.576. The number of nitrogens with zero attached hydrogens (tertiary/aromatic N) is 1. The number of aromatic nitrogens is 1. The average molecular weight is 344 g/mol. The highest BCUT2D eigenvalue weighted by molar-refractivity contribution is 7.80. The van der Waals surface area contributed by atoms with Gasteiger partial charge in [-0.25, -0.2) is 0 Å². The summed E-state index contributed by atoms with van der Waals surface area (Å²) in [5, 5.41) is 22.9. The first kappa shape index (κ1) is 16.0. The maximum Gasteiger partial charge on any atom is 0.257 e. The van der Waals surface area contributed by atoms with Crippen LogP contribution in [-0.2, 0) is 4.79 Å². The van der Waals surface area contributed by atoms with Crippen LogP contribution >= 0.6 is 12.2 Å². The highest BCUT2D eigenvalue weighted by Gasteiger charge is 2.31. The Bertz CT molecular complexity index is 843. The fourth-order valence-corrected chi connectivity index (χ4v) is 2.84. The van der Waals surface area contributed by atoms with Gasteiger partial charge in [-0.2, -0.15) is 0 Å². The van der Waals surface area contributed by atoms with Crippen LogP contribution in [0.4, 0.5) is 5.82 Å². The molecule has 1 aliphatic heterocycles. The summed E-state index contributed by atoms with van der Waals surface area (Å²) >= 11 is 5.18. The zero-order chi connectivity index (χ0) is 17.3. The zero-order valence-corrected chi connectivity index (χ0v) is 13.9. The number of phenolic OH excluding ortho intramolecular Hbond substituents is 1. The number of hydrogen-bond donors (Lipinski definition) is 4. The lowest BCUT2D eigenvalue weighted by Gasteiger charge is -2.30. The Morgan fingerprint density at radius 1 is 1.38 bits per heavy atom. The maximum absolute atomic E-state index is 12.7. The number of para-hydroxylation sites is 1. The number of carbonyl (C=O) groups is 1. The second kappa shape index (κ2) is 6.32. The molecule has 0 fully saturated rings. The fourth-order valence-electron chi connectivity index (χ4n) is 2.57. The molecule has 2 heterocycles. The van der Waals surface area contributed by atoms with Crippen molar-refractivity contribution in [3.63, 3.8) is 0 Å². The summed E-state index contributed by atoms with van der Waals surface area (Å²) in [5.41, 5.74) is 1.57. The van der Waals surface area contributed by atoms with Gasteiger partial charge in [-0.1, -0.05) is 23.4 Å². The molecule has 0 aliphatic carbocycles. The number of anilines is 1. The Labute approximate surface area is 143 Å². The first-order chi connectivity index (χ1) is 11.5. The third kappa shape index (κ3) is 3.09. The lowest BCUT2D eigenvalue weighted by molar-refractivity contribution is -0.113. The van der Waals surface area contributed by atoms with Crippen LogP contribution in [0.3, 0.4) is 0 Å². The molecule has 0 saturated carbocycles. The first-order valence-electron chi connectivity index (χ1n) is 7.26. The van der Waals surface area contributed by atoms with Gasteiger partial charge in [0.05, 0.1) is 11.6 Å². The van der Waals surface area contributed by atoms with Crippen LogP contribution in [-0.4, -0.2) is 21.3 Å². The van der Waals surface area contributed by atoms with Gasteiger partial charge < -0.3 is 25.6 Å². The van der Waals surface area contributed by atoms with Crippen molar-refractivity contribution < 1.29 is 14.4 Å². The molecule has 1 amide bonds. The molecular formula is C16H16N4O3S. The van der Waals surface area contributed by atoms with Crippen molar-refractivity contribution in [3.05, 3.63) is 52.9 Å². The van der Waals surface area contributed by atoms with Gasteiger partial charge in [-0.05, 0) is 32.1 Å². The summed E-state index contributed by atoms with van der Waals surface area (Å²) in [7, 11) is 0. The lowest BCUT2D eigenvalue weighted by atomic mass is 9.94. The Balaban J connectivity index is 1.97. The van der Waals surface area contributed by atoms with E-state index in [0.29, 0.717) is 33.5 Å². The number of hydrogen-bond acceptors (Lipinski definition) is 5. The predicted octanol–water partition coefficient (Wildman–Crippen LogP) is 2.12. The van der Waals surface area contributed by atoms with Crippen LogP contribution in [0.2, 0.25) is 0 Å². The van der Waals surface area contributed by atoms with Crippen molar-refractivity contribution in [1.82, 2.24) is 15.8 Å². The largest absolute Gasteiger partial charge is 0.508 e. The minimum absolute atomic E-state index is 0.0788. The molecule has 1 aromatic carbocycles. The predicted molar refractivity (Wildman–Crippen MR) is 92.3 cm³/mol. The van der Waals surface area contributed by atoms with Crippen molar-refractivity contribution >= 4 is 29.1 Å². The van der Waals surface area contributed by atoms with Crippen molar-refractivity contribution in [2.75, 3.05) is 5.32 Å². The summed E-state index contributed by atoms with van der Waals surface area (Å²) in [4.78, 5) is 12.7. The van der Waals surface area contributed by atoms with Crippen LogP contribution in [0.5, 0.6) is 5.75 Å². The number of carbonyl (C=O) groups excluding carboxylic acids is 1. The number of nitrogens with one attached hydrogen (secondary N) is 3. The highest BCUT2D eigenvalue weighted by atomic mass is 32.1. The number of thiocarbonyl (C=S) groups is 1. The Kier molecular flexibility index (Phi) is 4.22. The van der Waals surface area contributed by atoms with E-state index in [1.807, 2.05) is 0 Å². The van der Waals surface area contributed by atoms with E-state index in [4.69, 9.17) is 16.7 Å². The van der Waals surface area contributed by atoms with Crippen LogP contribution in [0, 0.1) is 6.92 Å². The van der Waals surface area contributed by atoms with Gasteiger partial charge in [-0.3, -0.25) is 4.79 Å². The van der Waals surface area contributed by atoms with E-state index in [0.717, 1.165) is 0 Å². The van der Waals surface area contributed by atoms with Crippen molar-refractivity contribution in [1.29, 1.82) is 0 Å². The van der Waals surface area contributed by atoms with Gasteiger partial charge in [-0.15, -0.1) is 0 Å². The van der Waals surface area contributed by atoms with Crippen molar-refractivity contribution in [3.8, 4) is 5.75 Å². The van der Waals surface area contributed by atoms with Gasteiger partial charge in [0.15, 0.2) is 10.9 Å². The molecule has 2 aromatic rings. The Morgan fingerprint density at radius 3 is 2.79 bits per heavy atom. The molecule has 1 atom stereocenters. The molecule has 8 heteroatoms. The Hall–Kier alpha value is -2.87. The van der Waals surface area contributed by atoms with E-state index >= 15 is 0 Å². The van der Waals surface area contributed by atoms with Gasteiger partial charge >= 0.3 is 0 Å². The SMILES string of the molecule is CC1=C(C(=O)Nc2cc(C)on2)C(c2ccccc2O)NC(=S)N1. The smallest absolute Gasteiger partial charge is 0.257 e. The maximum atomic E-state index is 12.7. The summed E-state index contributed by atoms with van der Waals surface area (Å²) in [6.07, 6.45) is 0. The van der Waals surface area contributed by atoms with Crippen molar-refractivity contribution in [2.24, 2.45) is 0 Å². The summed E-state index contributed by atoms with van der Waals surface area (Å²) < 4.78 is 4.95. The number of aryl methyl sites for hydroxylation is 1. The molecule has 3 rings (SSSR count). The van der Waals surface area contributed by atoms with Crippen molar-refractivity contribution in [2.45, 2.75) is 19.9 Å². The summed E-state index contributed by atoms with van der Waals surface area (Å²) in [6.45, 7) is 3.49. The quantitative estimate of drug-likeness (QED) is 0.633. The molecule has 4 N–H and O–H groups in total. The fraction of sp³-hybridized carbons (Fsp3) is 0.188. The zero-order valence-electron chi connectivity index (χ0n) is 13.1. The number of amides is 1. The minimum Gasteiger partial charge on any atom is -0.508 e. The standard InChI is InChI=1S/C16H16N4O3S/c1-8-7-12(20-23-8)18-15(22)13-9(2)17-16(24)19-14(13)10-5-3-4-6-11(10)21/h3-7,14,21H,1-2H3,(H2,17,19,24)(H,18,20,22). The molecule has 1 aromatic heterocycles. The number of aromatic hydroxyl groups is 1. The monoisotopic (exact) mass is 344 g/mol. The highest BCUT2D eigenvalue weighted by Crippen LogP contribution is 2.32. The summed E-state index contributed by atoms with van der Waals surface area (Å²) in [5.74, 6) is 0.628. The van der Waals surface area contributed by atoms with Gasteiger partial charge in [0.2, 0.25) is 0 Å². The van der Waals surface area contributed by atoms with Gasteiger partial charge in [0.25, 0.3) is 5.91 Å². The molecule has 124 valence electrons. The number of phenols is 1. The van der Waals surface area contributed by atoms with E-state index in [-0.39, 0.29) is 11.7 Å². The first-order valence-corrected chi connectivity index (χ1v) is 7.67. The molecular weight excluding hydrogens is 328 g/mol. The molecule has 0 radical (unpaired) electrons. The van der Waals surface area contributed by atoms with E-state index in [1.54, 1.807) is 44.2 Å². The number of rotatable bonds is 3. The van der Waals surface area contributed by atoms with E-state index in [2.05, 4.69) is 21.1 Å². The number of allylic oxidation sites excluding steroid dienone is 1. The lowest BCUT2D eigenvalue weighted by Crippen LogP contribution is -2.45. The van der Waals surface area contributed by atoms with E-state index in [1.165, 1.54) is 0 Å². The molecule has 7 nitrogen and oxygen atoms in total. The molecule has 24 heavy (non-hydrogen) atoms. The second-order valence-electron chi connectivity index (χ2n) is 5.41. The van der Waals surface area contributed by atoms with Gasteiger partial charge in [0, 0.05) is 17.3 Å². The molecule has 1 unspecified atom stereocenters. The average Bonchev–Trinajstić information content (AvgIpc) is 2.91. The van der Waals surface area contributed by atoms with E-state index < -0.39 is 6.04 Å². The molecule has 0 saturated heterocycles. The molecule has 0 bridgehead atoms. The third-order valence-electron chi connectivity index (χ3n) is 3.63.